The van der Waals surface area contributed by atoms with E-state index >= 15 is 0 Å². The Hall–Kier alpha value is -2.74. The summed E-state index contributed by atoms with van der Waals surface area (Å²) in [4.78, 5) is 53.5. The van der Waals surface area contributed by atoms with Crippen LogP contribution in [0.2, 0.25) is 0 Å². The second-order valence-corrected chi connectivity index (χ2v) is 10.3. The quantitative estimate of drug-likeness (QED) is 0.0995. The monoisotopic (exact) mass is 566 g/mol. The normalized spacial score (nSPS) is 14.3. The van der Waals surface area contributed by atoms with Crippen LogP contribution in [0.3, 0.4) is 0 Å². The van der Waals surface area contributed by atoms with Gasteiger partial charge in [0, 0.05) is 22.9 Å². The van der Waals surface area contributed by atoms with Crippen molar-refractivity contribution in [2.75, 3.05) is 24.3 Å². The van der Waals surface area contributed by atoms with Gasteiger partial charge in [0.1, 0.15) is 18.1 Å². The summed E-state index contributed by atoms with van der Waals surface area (Å²) in [6.45, 7) is 0.414. The molecule has 0 bridgehead atoms. The first-order valence-corrected chi connectivity index (χ1v) is 14.5. The van der Waals surface area contributed by atoms with Crippen LogP contribution in [0.1, 0.15) is 31.2 Å². The van der Waals surface area contributed by atoms with E-state index in [1.807, 2.05) is 36.7 Å². The van der Waals surface area contributed by atoms with Crippen LogP contribution in [0.4, 0.5) is 0 Å². The fraction of sp³-hybridized carbons (Fsp3) is 0.520. The van der Waals surface area contributed by atoms with Crippen molar-refractivity contribution in [3.8, 4) is 0 Å². The molecular weight excluding hydrogens is 528 g/mol. The summed E-state index contributed by atoms with van der Waals surface area (Å²) < 4.78 is 0. The third kappa shape index (κ3) is 9.53. The number of thioether (sulfide) groups is 1. The lowest BCUT2D eigenvalue weighted by Gasteiger charge is -2.25. The minimum absolute atomic E-state index is 0.106. The number of rotatable bonds is 17. The molecule has 0 saturated heterocycles. The molecule has 0 aliphatic rings. The maximum Gasteiger partial charge on any atom is 0.327 e. The average Bonchev–Trinajstić information content (AvgIpc) is 3.31. The second-order valence-electron chi connectivity index (χ2n) is 8.94. The number of hydrogen-bond donors (Lipinski definition) is 8. The number of carboxylic acid groups (broad SMARTS) is 1. The number of fused-ring (bicyclic) bond motifs is 1. The Kier molecular flexibility index (Phi) is 13.5. The number of carboxylic acids is 1. The van der Waals surface area contributed by atoms with E-state index in [1.54, 1.807) is 0 Å². The van der Waals surface area contributed by atoms with Gasteiger partial charge in [0.05, 0.1) is 6.04 Å². The molecule has 0 fully saturated rings. The van der Waals surface area contributed by atoms with Gasteiger partial charge in [0.25, 0.3) is 0 Å². The van der Waals surface area contributed by atoms with Gasteiger partial charge in [-0.2, -0.15) is 24.4 Å². The number of unbranched alkanes of at least 4 members (excludes halogenated alkanes) is 1. The van der Waals surface area contributed by atoms with Crippen molar-refractivity contribution in [3.05, 3.63) is 36.0 Å². The molecule has 0 radical (unpaired) electrons. The highest BCUT2D eigenvalue weighted by Gasteiger charge is 2.30. The van der Waals surface area contributed by atoms with Gasteiger partial charge < -0.3 is 37.5 Å². The molecule has 0 saturated carbocycles. The summed E-state index contributed by atoms with van der Waals surface area (Å²) in [5, 5.41) is 18.1. The van der Waals surface area contributed by atoms with E-state index in [4.69, 9.17) is 11.5 Å². The van der Waals surface area contributed by atoms with E-state index < -0.39 is 47.9 Å². The standard InChI is InChI=1S/C25H38N6O5S2/c1-38-11-9-20(29-22(32)17(27)12-15-13-28-18-7-3-2-6-16(15)18)24(34)30-19(8-4-5-10-26)23(33)31-21(14-37)25(35)36/h2-3,6-7,13,17,19-21,28,37H,4-5,8-12,14,26-27H2,1H3,(H,29,32)(H,30,34)(H,31,33)(H,35,36). The number of nitrogens with one attached hydrogen (secondary N) is 4. The summed E-state index contributed by atoms with van der Waals surface area (Å²) in [6.07, 6.45) is 5.73. The molecular formula is C25H38N6O5S2. The van der Waals surface area contributed by atoms with E-state index in [9.17, 15) is 24.3 Å². The molecule has 4 unspecified atom stereocenters. The van der Waals surface area contributed by atoms with Crippen LogP contribution < -0.4 is 27.4 Å². The van der Waals surface area contributed by atoms with Gasteiger partial charge in [0.2, 0.25) is 17.7 Å². The lowest BCUT2D eigenvalue weighted by molar-refractivity contribution is -0.141. The number of aliphatic carboxylic acids is 1. The van der Waals surface area contributed by atoms with Gasteiger partial charge in [-0.05, 0) is 62.3 Å². The van der Waals surface area contributed by atoms with Crippen LogP contribution >= 0.6 is 24.4 Å². The lowest BCUT2D eigenvalue weighted by Crippen LogP contribution is -2.57. The first-order chi connectivity index (χ1) is 18.2. The summed E-state index contributed by atoms with van der Waals surface area (Å²) in [6, 6.07) is 3.68. The van der Waals surface area contributed by atoms with Crippen LogP contribution in [0.5, 0.6) is 0 Å². The Morgan fingerprint density at radius 3 is 2.26 bits per heavy atom. The van der Waals surface area contributed by atoms with E-state index in [0.717, 1.165) is 16.5 Å². The number of carbonyl (C=O) groups excluding carboxylic acids is 3. The molecule has 1 aromatic carbocycles. The van der Waals surface area contributed by atoms with Gasteiger partial charge in [0.15, 0.2) is 0 Å². The number of para-hydroxylation sites is 1. The number of thiol groups is 1. The first-order valence-electron chi connectivity index (χ1n) is 12.5. The molecule has 4 atom stereocenters. The van der Waals surface area contributed by atoms with Crippen LogP contribution in [-0.2, 0) is 25.6 Å². The maximum atomic E-state index is 13.2. The third-order valence-electron chi connectivity index (χ3n) is 6.07. The molecule has 13 heteroatoms. The number of benzene rings is 1. The maximum absolute atomic E-state index is 13.2. The number of hydrogen-bond acceptors (Lipinski definition) is 8. The molecule has 9 N–H and O–H groups in total. The number of H-pyrrole nitrogens is 1. The van der Waals surface area contributed by atoms with Crippen LogP contribution in [-0.4, -0.2) is 82.3 Å². The van der Waals surface area contributed by atoms with E-state index in [1.165, 1.54) is 11.8 Å². The van der Waals surface area contributed by atoms with E-state index in [2.05, 4.69) is 33.6 Å². The molecule has 3 amide bonds. The Balaban J connectivity index is 2.10. The lowest BCUT2D eigenvalue weighted by atomic mass is 10.0. The zero-order chi connectivity index (χ0) is 28.1. The summed E-state index contributed by atoms with van der Waals surface area (Å²) >= 11 is 5.48. The molecule has 2 aromatic rings. The molecule has 0 aliphatic carbocycles. The van der Waals surface area contributed by atoms with Crippen molar-refractivity contribution in [3.63, 3.8) is 0 Å². The van der Waals surface area contributed by atoms with E-state index in [-0.39, 0.29) is 18.6 Å². The number of nitrogens with two attached hydrogens (primary N) is 2. The SMILES string of the molecule is CSCCC(NC(=O)C(N)Cc1c[nH]c2ccccc12)C(=O)NC(CCCCN)C(=O)NC(CS)C(=O)O. The number of aromatic nitrogens is 1. The third-order valence-corrected chi connectivity index (χ3v) is 7.08. The fourth-order valence-corrected chi connectivity index (χ4v) is 4.62. The number of carbonyl (C=O) groups is 4. The summed E-state index contributed by atoms with van der Waals surface area (Å²) in [5.41, 5.74) is 13.6. The van der Waals surface area contributed by atoms with Crippen molar-refractivity contribution >= 4 is 59.0 Å². The summed E-state index contributed by atoms with van der Waals surface area (Å²) in [7, 11) is 0. The van der Waals surface area contributed by atoms with Crippen LogP contribution in [0.15, 0.2) is 30.5 Å². The molecule has 0 spiro atoms. The highest BCUT2D eigenvalue weighted by Crippen LogP contribution is 2.19. The average molecular weight is 567 g/mol. The Labute approximate surface area is 232 Å². The van der Waals surface area contributed by atoms with Crippen molar-refractivity contribution in [1.29, 1.82) is 0 Å². The second kappa shape index (κ2) is 16.3. The van der Waals surface area contributed by atoms with Gasteiger partial charge in [-0.1, -0.05) is 18.2 Å². The Morgan fingerprint density at radius 1 is 1.00 bits per heavy atom. The van der Waals surface area contributed by atoms with Gasteiger partial charge in [-0.25, -0.2) is 4.79 Å². The molecule has 210 valence electrons. The molecule has 38 heavy (non-hydrogen) atoms. The van der Waals surface area contributed by atoms with Crippen molar-refractivity contribution < 1.29 is 24.3 Å². The van der Waals surface area contributed by atoms with Crippen LogP contribution in [0, 0.1) is 0 Å². The topological polar surface area (TPSA) is 192 Å². The van der Waals surface area contributed by atoms with Crippen molar-refractivity contribution in [2.45, 2.75) is 56.3 Å². The van der Waals surface area contributed by atoms with Crippen LogP contribution in [0.25, 0.3) is 10.9 Å². The molecule has 0 aliphatic heterocycles. The van der Waals surface area contributed by atoms with Gasteiger partial charge >= 0.3 is 5.97 Å². The Morgan fingerprint density at radius 2 is 1.63 bits per heavy atom. The van der Waals surface area contributed by atoms with Gasteiger partial charge in [-0.15, -0.1) is 0 Å². The zero-order valence-corrected chi connectivity index (χ0v) is 23.2. The van der Waals surface area contributed by atoms with Crippen molar-refractivity contribution in [2.24, 2.45) is 11.5 Å². The van der Waals surface area contributed by atoms with E-state index in [0.29, 0.717) is 31.6 Å². The minimum atomic E-state index is -1.23. The molecule has 11 nitrogen and oxygen atoms in total. The number of amides is 3. The zero-order valence-electron chi connectivity index (χ0n) is 21.4. The van der Waals surface area contributed by atoms with Crippen molar-refractivity contribution in [1.82, 2.24) is 20.9 Å². The highest BCUT2D eigenvalue weighted by molar-refractivity contribution is 7.98. The highest BCUT2D eigenvalue weighted by atomic mass is 32.2. The van der Waals surface area contributed by atoms with Gasteiger partial charge in [-0.3, -0.25) is 14.4 Å². The first kappa shape index (κ1) is 31.5. The summed E-state index contributed by atoms with van der Waals surface area (Å²) in [5.74, 6) is -2.41. The molecule has 1 heterocycles. The number of aromatic amines is 1. The smallest absolute Gasteiger partial charge is 0.327 e. The Bertz CT molecular complexity index is 1080. The molecule has 1 aromatic heterocycles. The largest absolute Gasteiger partial charge is 0.480 e. The molecule has 2 rings (SSSR count). The minimum Gasteiger partial charge on any atom is -0.480 e. The fourth-order valence-electron chi connectivity index (χ4n) is 3.91. The predicted octanol–water partition coefficient (Wildman–Crippen LogP) is 0.389. The predicted molar refractivity (Wildman–Crippen MR) is 153 cm³/mol.